The molecule has 108 valence electrons. The van der Waals surface area contributed by atoms with Crippen molar-refractivity contribution < 1.29 is 4.74 Å². The van der Waals surface area contributed by atoms with Crippen LogP contribution in [0.4, 0.5) is 0 Å². The second-order valence-electron chi connectivity index (χ2n) is 5.58. The molecule has 4 nitrogen and oxygen atoms in total. The van der Waals surface area contributed by atoms with Gasteiger partial charge in [-0.3, -0.25) is 0 Å². The predicted molar refractivity (Wildman–Crippen MR) is 81.2 cm³/mol. The van der Waals surface area contributed by atoms with Crippen molar-refractivity contribution in [2.24, 2.45) is 0 Å². The van der Waals surface area contributed by atoms with Crippen LogP contribution in [0.2, 0.25) is 0 Å². The minimum Gasteiger partial charge on any atom is -0.378 e. The lowest BCUT2D eigenvalue weighted by molar-refractivity contribution is 0.0395. The first-order valence-electron chi connectivity index (χ1n) is 7.45. The summed E-state index contributed by atoms with van der Waals surface area (Å²) >= 11 is 0. The Kier molecular flexibility index (Phi) is 3.76. The first kappa shape index (κ1) is 13.6. The summed E-state index contributed by atoms with van der Waals surface area (Å²) in [5.74, 6) is 1.17. The van der Waals surface area contributed by atoms with Crippen LogP contribution in [0.5, 0.6) is 0 Å². The van der Waals surface area contributed by atoms with Crippen molar-refractivity contribution in [3.8, 4) is 0 Å². The molecule has 2 heterocycles. The second kappa shape index (κ2) is 5.54. The number of rotatable bonds is 3. The molecule has 0 aliphatic carbocycles. The molecule has 2 atom stereocenters. The highest BCUT2D eigenvalue weighted by atomic mass is 16.5. The smallest absolute Gasteiger partial charge is 0.109 e. The van der Waals surface area contributed by atoms with E-state index >= 15 is 0 Å². The van der Waals surface area contributed by atoms with Crippen molar-refractivity contribution in [3.63, 3.8) is 0 Å². The molecule has 1 fully saturated rings. The number of aryl methyl sites for hydroxylation is 2. The van der Waals surface area contributed by atoms with Gasteiger partial charge in [0.15, 0.2) is 0 Å². The zero-order valence-electron chi connectivity index (χ0n) is 12.5. The van der Waals surface area contributed by atoms with Crippen LogP contribution >= 0.6 is 0 Å². The Morgan fingerprint density at radius 2 is 2.30 bits per heavy atom. The molecular formula is C16H23N3O. The van der Waals surface area contributed by atoms with Gasteiger partial charge in [-0.25, -0.2) is 4.98 Å². The van der Waals surface area contributed by atoms with E-state index in [1.54, 1.807) is 7.11 Å². The van der Waals surface area contributed by atoms with Crippen molar-refractivity contribution in [2.75, 3.05) is 20.2 Å². The van der Waals surface area contributed by atoms with Gasteiger partial charge in [0.05, 0.1) is 23.2 Å². The molecule has 0 amide bonds. The van der Waals surface area contributed by atoms with E-state index in [9.17, 15) is 0 Å². The summed E-state index contributed by atoms with van der Waals surface area (Å²) in [6.45, 7) is 6.25. The number of hydrogen-bond acceptors (Lipinski definition) is 3. The van der Waals surface area contributed by atoms with Crippen molar-refractivity contribution in [1.29, 1.82) is 0 Å². The highest BCUT2D eigenvalue weighted by molar-refractivity contribution is 5.77. The zero-order valence-corrected chi connectivity index (χ0v) is 12.5. The average molecular weight is 273 g/mol. The number of hydrogen-bond donors (Lipinski definition) is 1. The van der Waals surface area contributed by atoms with Gasteiger partial charge >= 0.3 is 0 Å². The largest absolute Gasteiger partial charge is 0.378 e. The maximum atomic E-state index is 5.69. The number of piperidine rings is 1. The Hall–Kier alpha value is -1.39. The number of nitrogens with zero attached hydrogens (tertiary/aromatic N) is 2. The summed E-state index contributed by atoms with van der Waals surface area (Å²) in [6.07, 6.45) is 2.26. The van der Waals surface area contributed by atoms with Gasteiger partial charge in [-0.15, -0.1) is 0 Å². The summed E-state index contributed by atoms with van der Waals surface area (Å²) < 4.78 is 8.10. The van der Waals surface area contributed by atoms with Gasteiger partial charge in [0.1, 0.15) is 5.82 Å². The first-order valence-corrected chi connectivity index (χ1v) is 7.45. The molecule has 3 rings (SSSR count). The Bertz CT molecular complexity index is 605. The molecule has 1 aromatic carbocycles. The van der Waals surface area contributed by atoms with Crippen molar-refractivity contribution in [2.45, 2.75) is 38.8 Å². The third kappa shape index (κ3) is 2.23. The molecule has 1 aliphatic heterocycles. The predicted octanol–water partition coefficient (Wildman–Crippen LogP) is 2.46. The third-order valence-corrected chi connectivity index (χ3v) is 4.26. The fourth-order valence-electron chi connectivity index (χ4n) is 3.23. The lowest BCUT2D eigenvalue weighted by Crippen LogP contribution is -2.43. The quantitative estimate of drug-likeness (QED) is 0.933. The lowest BCUT2D eigenvalue weighted by Gasteiger charge is -2.33. The molecule has 0 radical (unpaired) electrons. The van der Waals surface area contributed by atoms with Gasteiger partial charge in [0.2, 0.25) is 0 Å². The maximum absolute atomic E-state index is 5.69. The number of imidazole rings is 1. The van der Waals surface area contributed by atoms with Gasteiger partial charge in [-0.2, -0.15) is 0 Å². The SMILES string of the molecule is CCc1nc2cc(C)ccc2n1C1CCNC[C@H]1OC. The topological polar surface area (TPSA) is 39.1 Å². The van der Waals surface area contributed by atoms with E-state index in [4.69, 9.17) is 9.72 Å². The number of aromatic nitrogens is 2. The lowest BCUT2D eigenvalue weighted by atomic mass is 10.0. The Morgan fingerprint density at radius 3 is 3.05 bits per heavy atom. The van der Waals surface area contributed by atoms with Crippen LogP contribution in [0.1, 0.15) is 30.8 Å². The van der Waals surface area contributed by atoms with E-state index < -0.39 is 0 Å². The Morgan fingerprint density at radius 1 is 1.45 bits per heavy atom. The van der Waals surface area contributed by atoms with Crippen molar-refractivity contribution >= 4 is 11.0 Å². The Labute approximate surface area is 120 Å². The number of fused-ring (bicyclic) bond motifs is 1. The van der Waals surface area contributed by atoms with Crippen LogP contribution in [0.15, 0.2) is 18.2 Å². The molecule has 20 heavy (non-hydrogen) atoms. The minimum atomic E-state index is 0.216. The van der Waals surface area contributed by atoms with Gasteiger partial charge in [-0.1, -0.05) is 13.0 Å². The van der Waals surface area contributed by atoms with E-state index in [-0.39, 0.29) is 6.10 Å². The van der Waals surface area contributed by atoms with Crippen LogP contribution in [0.25, 0.3) is 11.0 Å². The summed E-state index contributed by atoms with van der Waals surface area (Å²) in [6, 6.07) is 6.92. The molecule has 1 unspecified atom stereocenters. The molecule has 1 aromatic heterocycles. The fourth-order valence-corrected chi connectivity index (χ4v) is 3.23. The molecule has 4 heteroatoms. The summed E-state index contributed by atoms with van der Waals surface area (Å²) in [5.41, 5.74) is 3.61. The van der Waals surface area contributed by atoms with Crippen LogP contribution in [0.3, 0.4) is 0 Å². The molecule has 0 spiro atoms. The highest BCUT2D eigenvalue weighted by Gasteiger charge is 2.29. The zero-order chi connectivity index (χ0) is 14.1. The third-order valence-electron chi connectivity index (χ3n) is 4.26. The van der Waals surface area contributed by atoms with Crippen molar-refractivity contribution in [1.82, 2.24) is 14.9 Å². The molecule has 0 bridgehead atoms. The molecule has 2 aromatic rings. The van der Waals surface area contributed by atoms with Crippen molar-refractivity contribution in [3.05, 3.63) is 29.6 Å². The maximum Gasteiger partial charge on any atom is 0.109 e. The number of methoxy groups -OCH3 is 1. The summed E-state index contributed by atoms with van der Waals surface area (Å²) in [7, 11) is 1.81. The van der Waals surface area contributed by atoms with E-state index in [0.29, 0.717) is 6.04 Å². The normalized spacial score (nSPS) is 23.4. The average Bonchev–Trinajstić information content (AvgIpc) is 2.84. The van der Waals surface area contributed by atoms with E-state index in [0.717, 1.165) is 31.4 Å². The van der Waals surface area contributed by atoms with E-state index in [2.05, 4.69) is 41.9 Å². The molecule has 1 N–H and O–H groups in total. The summed E-state index contributed by atoms with van der Waals surface area (Å²) in [4.78, 5) is 4.82. The van der Waals surface area contributed by atoms with Gasteiger partial charge in [0, 0.05) is 20.1 Å². The Balaban J connectivity index is 2.13. The number of benzene rings is 1. The summed E-state index contributed by atoms with van der Waals surface area (Å²) in [5, 5.41) is 3.41. The fraction of sp³-hybridized carbons (Fsp3) is 0.562. The number of nitrogens with one attached hydrogen (secondary N) is 1. The van der Waals surface area contributed by atoms with Crippen LogP contribution in [0, 0.1) is 6.92 Å². The first-order chi connectivity index (χ1) is 9.74. The second-order valence-corrected chi connectivity index (χ2v) is 5.58. The molecule has 1 saturated heterocycles. The van der Waals surface area contributed by atoms with Crippen LogP contribution < -0.4 is 5.32 Å². The highest BCUT2D eigenvalue weighted by Crippen LogP contribution is 2.29. The molecule has 1 aliphatic rings. The van der Waals surface area contributed by atoms with Gasteiger partial charge in [-0.05, 0) is 37.6 Å². The molecule has 0 saturated carbocycles. The number of ether oxygens (including phenoxy) is 1. The van der Waals surface area contributed by atoms with Crippen LogP contribution in [-0.4, -0.2) is 35.9 Å². The van der Waals surface area contributed by atoms with E-state index in [1.165, 1.54) is 16.9 Å². The van der Waals surface area contributed by atoms with Crippen LogP contribution in [-0.2, 0) is 11.2 Å². The van der Waals surface area contributed by atoms with Gasteiger partial charge < -0.3 is 14.6 Å². The van der Waals surface area contributed by atoms with Gasteiger partial charge in [0.25, 0.3) is 0 Å². The minimum absolute atomic E-state index is 0.216. The monoisotopic (exact) mass is 273 g/mol. The standard InChI is InChI=1S/C16H23N3O/c1-4-16-18-12-9-11(2)5-6-13(12)19(16)14-7-8-17-10-15(14)20-3/h5-6,9,14-15,17H,4,7-8,10H2,1-3H3/t14?,15-/m1/s1. The van der Waals surface area contributed by atoms with E-state index in [1.807, 2.05) is 0 Å². The molecular weight excluding hydrogens is 250 g/mol.